The number of nitrogens with one attached hydrogen (secondary N) is 2. The van der Waals surface area contributed by atoms with E-state index in [2.05, 4.69) is 15.6 Å². The average molecular weight is 423 g/mol. The number of pyridine rings is 1. The molecule has 2 N–H and O–H groups in total. The van der Waals surface area contributed by atoms with Crippen LogP contribution in [0.1, 0.15) is 0 Å². The molecule has 0 atom stereocenters. The van der Waals surface area contributed by atoms with Gasteiger partial charge in [-0.2, -0.15) is 0 Å². The molecule has 2 amide bonds. The number of carbonyl (C=O) groups excluding carboxylic acids is 1. The molecule has 0 spiro atoms. The van der Waals surface area contributed by atoms with Gasteiger partial charge in [0.05, 0.1) is 24.9 Å². The Morgan fingerprint density at radius 3 is 2.43 bits per heavy atom. The van der Waals surface area contributed by atoms with Gasteiger partial charge in [0.1, 0.15) is 28.7 Å². The summed E-state index contributed by atoms with van der Waals surface area (Å²) >= 11 is 6.20. The highest BCUT2D eigenvalue weighted by atomic mass is 35.5. The topological polar surface area (TPSA) is 76.9 Å². The fraction of sp³-hybridized carbons (Fsp3) is 0.0909. The number of rotatable bonds is 5. The second-order valence-electron chi connectivity index (χ2n) is 6.37. The molecule has 0 aliphatic carbocycles. The lowest BCUT2D eigenvalue weighted by molar-refractivity contribution is 0.262. The maximum Gasteiger partial charge on any atom is 0.324 e. The molecule has 0 aliphatic rings. The first-order valence-electron chi connectivity index (χ1n) is 9.12. The van der Waals surface area contributed by atoms with Gasteiger partial charge >= 0.3 is 6.03 Å². The first-order chi connectivity index (χ1) is 14.6. The summed E-state index contributed by atoms with van der Waals surface area (Å²) in [5, 5.41) is 6.03. The summed E-state index contributed by atoms with van der Waals surface area (Å²) in [6.45, 7) is 0. The van der Waals surface area contributed by atoms with E-state index in [0.29, 0.717) is 33.7 Å². The molecule has 0 bridgehead atoms. The van der Waals surface area contributed by atoms with Gasteiger partial charge in [-0.1, -0.05) is 48.0 Å². The zero-order valence-corrected chi connectivity index (χ0v) is 17.1. The summed E-state index contributed by atoms with van der Waals surface area (Å²) in [5.74, 6) is 1.42. The predicted molar refractivity (Wildman–Crippen MR) is 118 cm³/mol. The van der Waals surface area contributed by atoms with E-state index >= 15 is 0 Å². The molecule has 4 aromatic rings. The van der Waals surface area contributed by atoms with Gasteiger partial charge in [-0.25, -0.2) is 9.78 Å². The van der Waals surface area contributed by atoms with Crippen molar-refractivity contribution < 1.29 is 14.3 Å². The van der Waals surface area contributed by atoms with Gasteiger partial charge in [0.2, 0.25) is 0 Å². The van der Waals surface area contributed by atoms with Crippen LogP contribution in [0, 0.1) is 0 Å². The molecule has 0 unspecified atom stereocenters. The molecule has 0 fully saturated rings. The van der Waals surface area contributed by atoms with Crippen molar-refractivity contribution in [3.63, 3.8) is 0 Å². The molecule has 0 saturated heterocycles. The van der Waals surface area contributed by atoms with Crippen molar-refractivity contribution in [2.24, 2.45) is 0 Å². The summed E-state index contributed by atoms with van der Waals surface area (Å²) in [4.78, 5) is 17.5. The Morgan fingerprint density at radius 2 is 1.70 bits per heavy atom. The molecule has 7 nitrogen and oxygen atoms in total. The molecule has 0 aliphatic heterocycles. The van der Waals surface area contributed by atoms with Crippen molar-refractivity contribution in [1.82, 2.24) is 9.38 Å². The lowest BCUT2D eigenvalue weighted by atomic mass is 10.1. The normalized spacial score (nSPS) is 10.6. The molecular weight excluding hydrogens is 404 g/mol. The highest BCUT2D eigenvalue weighted by Crippen LogP contribution is 2.36. The standard InChI is InChI=1S/C22H19ClN4O3/c1-29-17-13-18(30-2)16(12-15(17)23)24-22(28)26-21-20(14-8-4-3-5-9-14)25-19-10-6-7-11-27(19)21/h3-13H,1-2H3,(H2,24,26,28). The molecule has 2 aromatic carbocycles. The summed E-state index contributed by atoms with van der Waals surface area (Å²) in [7, 11) is 3.01. The minimum Gasteiger partial charge on any atom is -0.495 e. The van der Waals surface area contributed by atoms with Gasteiger partial charge < -0.3 is 14.8 Å². The van der Waals surface area contributed by atoms with Crippen LogP contribution in [0.25, 0.3) is 16.9 Å². The van der Waals surface area contributed by atoms with Gasteiger partial charge in [0, 0.05) is 17.8 Å². The number of fused-ring (bicyclic) bond motifs is 1. The number of urea groups is 1. The highest BCUT2D eigenvalue weighted by molar-refractivity contribution is 6.32. The van der Waals surface area contributed by atoms with Crippen LogP contribution in [0.3, 0.4) is 0 Å². The summed E-state index contributed by atoms with van der Waals surface area (Å²) in [6, 6.07) is 18.0. The maximum absolute atomic E-state index is 12.8. The third-order valence-corrected chi connectivity index (χ3v) is 4.83. The number of nitrogens with zero attached hydrogens (tertiary/aromatic N) is 2. The number of halogens is 1. The maximum atomic E-state index is 12.8. The molecule has 0 saturated carbocycles. The van der Waals surface area contributed by atoms with E-state index in [-0.39, 0.29) is 0 Å². The van der Waals surface area contributed by atoms with Crippen LogP contribution >= 0.6 is 11.6 Å². The number of anilines is 2. The Kier molecular flexibility index (Phi) is 5.45. The Hall–Kier alpha value is -3.71. The third kappa shape index (κ3) is 3.75. The van der Waals surface area contributed by atoms with E-state index < -0.39 is 6.03 Å². The van der Waals surface area contributed by atoms with Gasteiger partial charge in [-0.05, 0) is 18.2 Å². The van der Waals surface area contributed by atoms with Gasteiger partial charge in [0.25, 0.3) is 0 Å². The fourth-order valence-electron chi connectivity index (χ4n) is 3.13. The van der Waals surface area contributed by atoms with Crippen molar-refractivity contribution in [3.05, 3.63) is 71.9 Å². The Bertz CT molecular complexity index is 1210. The van der Waals surface area contributed by atoms with Crippen molar-refractivity contribution in [2.75, 3.05) is 24.9 Å². The van der Waals surface area contributed by atoms with Crippen LogP contribution in [0.2, 0.25) is 5.02 Å². The molecule has 30 heavy (non-hydrogen) atoms. The second kappa shape index (κ2) is 8.34. The van der Waals surface area contributed by atoms with Crippen molar-refractivity contribution in [1.29, 1.82) is 0 Å². The van der Waals surface area contributed by atoms with E-state index in [9.17, 15) is 4.79 Å². The summed E-state index contributed by atoms with van der Waals surface area (Å²) < 4.78 is 12.4. The molecule has 2 heterocycles. The highest BCUT2D eigenvalue weighted by Gasteiger charge is 2.18. The largest absolute Gasteiger partial charge is 0.495 e. The SMILES string of the molecule is COc1cc(OC)c(NC(=O)Nc2c(-c3ccccc3)nc3ccccn23)cc1Cl. The number of ether oxygens (including phenoxy) is 2. The molecule has 0 radical (unpaired) electrons. The molecule has 2 aromatic heterocycles. The number of methoxy groups -OCH3 is 2. The minimum absolute atomic E-state index is 0.355. The van der Waals surface area contributed by atoms with Crippen molar-refractivity contribution in [2.45, 2.75) is 0 Å². The summed E-state index contributed by atoms with van der Waals surface area (Å²) in [5.41, 5.74) is 2.69. The van der Waals surface area contributed by atoms with Crippen molar-refractivity contribution >= 4 is 34.8 Å². The Morgan fingerprint density at radius 1 is 0.967 bits per heavy atom. The first kappa shape index (κ1) is 19.6. The quantitative estimate of drug-likeness (QED) is 0.456. The molecule has 4 rings (SSSR count). The van der Waals surface area contributed by atoms with Gasteiger partial charge in [0.15, 0.2) is 0 Å². The summed E-state index contributed by atoms with van der Waals surface area (Å²) in [6.07, 6.45) is 1.84. The number of hydrogen-bond acceptors (Lipinski definition) is 4. The Balaban J connectivity index is 1.68. The Labute approximate surface area is 178 Å². The van der Waals surface area contributed by atoms with E-state index in [4.69, 9.17) is 21.1 Å². The van der Waals surface area contributed by atoms with Crippen LogP contribution < -0.4 is 20.1 Å². The fourth-order valence-corrected chi connectivity index (χ4v) is 3.37. The van der Waals surface area contributed by atoms with Crippen LogP contribution in [0.15, 0.2) is 66.9 Å². The third-order valence-electron chi connectivity index (χ3n) is 4.53. The van der Waals surface area contributed by atoms with Crippen LogP contribution in [-0.4, -0.2) is 29.6 Å². The van der Waals surface area contributed by atoms with Crippen molar-refractivity contribution in [3.8, 4) is 22.8 Å². The number of hydrogen-bond donors (Lipinski definition) is 2. The smallest absolute Gasteiger partial charge is 0.324 e. The lowest BCUT2D eigenvalue weighted by Gasteiger charge is -2.14. The monoisotopic (exact) mass is 422 g/mol. The van der Waals surface area contributed by atoms with Crippen LogP contribution in [0.5, 0.6) is 11.5 Å². The van der Waals surface area contributed by atoms with E-state index in [1.165, 1.54) is 14.2 Å². The minimum atomic E-state index is -0.461. The average Bonchev–Trinajstić information content (AvgIpc) is 3.13. The predicted octanol–water partition coefficient (Wildman–Crippen LogP) is 5.32. The zero-order valence-electron chi connectivity index (χ0n) is 16.3. The zero-order chi connectivity index (χ0) is 21.1. The molecule has 152 valence electrons. The van der Waals surface area contributed by atoms with Crippen LogP contribution in [-0.2, 0) is 0 Å². The molecule has 8 heteroatoms. The number of carbonyl (C=O) groups is 1. The van der Waals surface area contributed by atoms with E-state index in [1.807, 2.05) is 59.1 Å². The lowest BCUT2D eigenvalue weighted by Crippen LogP contribution is -2.21. The van der Waals surface area contributed by atoms with Gasteiger partial charge in [-0.3, -0.25) is 9.72 Å². The first-order valence-corrected chi connectivity index (χ1v) is 9.50. The van der Waals surface area contributed by atoms with Crippen LogP contribution in [0.4, 0.5) is 16.3 Å². The second-order valence-corrected chi connectivity index (χ2v) is 6.78. The number of amides is 2. The molecular formula is C22H19ClN4O3. The van der Waals surface area contributed by atoms with E-state index in [0.717, 1.165) is 11.2 Å². The van der Waals surface area contributed by atoms with Gasteiger partial charge in [-0.15, -0.1) is 0 Å². The number of imidazole rings is 1. The van der Waals surface area contributed by atoms with E-state index in [1.54, 1.807) is 12.1 Å². The number of aromatic nitrogens is 2. The number of benzene rings is 2.